The van der Waals surface area contributed by atoms with E-state index in [4.69, 9.17) is 0 Å². The maximum absolute atomic E-state index is 13.3. The van der Waals surface area contributed by atoms with Crippen molar-refractivity contribution in [3.63, 3.8) is 0 Å². The molecule has 1 fully saturated rings. The first-order valence-electron chi connectivity index (χ1n) is 6.90. The summed E-state index contributed by atoms with van der Waals surface area (Å²) in [5.41, 5.74) is -3.83. The van der Waals surface area contributed by atoms with Crippen molar-refractivity contribution in [3.8, 4) is 0 Å². The summed E-state index contributed by atoms with van der Waals surface area (Å²) in [5.74, 6) is -4.24. The Hall–Kier alpha value is -2.36. The number of esters is 1. The Morgan fingerprint density at radius 1 is 1.33 bits per heavy atom. The number of carbonyl (C=O) groups is 2. The van der Waals surface area contributed by atoms with Gasteiger partial charge in [0.15, 0.2) is 0 Å². The van der Waals surface area contributed by atoms with Crippen LogP contribution in [0.4, 0.5) is 22.4 Å². The van der Waals surface area contributed by atoms with Crippen molar-refractivity contribution in [3.05, 3.63) is 35.6 Å². The molecule has 0 radical (unpaired) electrons. The van der Waals surface area contributed by atoms with Crippen LogP contribution in [0.1, 0.15) is 18.5 Å². The van der Waals surface area contributed by atoms with Crippen molar-refractivity contribution < 1.29 is 37.0 Å². The van der Waals surface area contributed by atoms with Crippen LogP contribution in [0.15, 0.2) is 24.3 Å². The lowest BCUT2D eigenvalue weighted by Crippen LogP contribution is -2.73. The molecule has 0 unspecified atom stereocenters. The molecule has 0 bridgehead atoms. The fraction of sp³-hybridized carbons (Fsp3) is 0.429. The van der Waals surface area contributed by atoms with E-state index in [0.717, 1.165) is 24.3 Å². The van der Waals surface area contributed by atoms with Gasteiger partial charge in [0.2, 0.25) is 0 Å². The van der Waals surface area contributed by atoms with E-state index in [2.05, 4.69) is 10.1 Å². The van der Waals surface area contributed by atoms with Gasteiger partial charge in [0.25, 0.3) is 5.72 Å². The molecule has 24 heavy (non-hydrogen) atoms. The number of rotatable bonds is 3. The Labute approximate surface area is 133 Å². The Morgan fingerprint density at radius 2 is 1.92 bits per heavy atom. The molecule has 3 atom stereocenters. The van der Waals surface area contributed by atoms with Crippen LogP contribution < -0.4 is 10.6 Å². The second-order valence-electron chi connectivity index (χ2n) is 5.12. The van der Waals surface area contributed by atoms with Crippen LogP contribution in [0.2, 0.25) is 0 Å². The van der Waals surface area contributed by atoms with Crippen LogP contribution in [0.25, 0.3) is 0 Å². The minimum Gasteiger partial charge on any atom is -0.466 e. The summed E-state index contributed by atoms with van der Waals surface area (Å²) in [4.78, 5) is 23.7. The second-order valence-corrected chi connectivity index (χ2v) is 5.12. The molecule has 0 aromatic heterocycles. The van der Waals surface area contributed by atoms with E-state index < -0.39 is 41.7 Å². The maximum atomic E-state index is 13.3. The van der Waals surface area contributed by atoms with Crippen molar-refractivity contribution in [1.29, 1.82) is 0 Å². The van der Waals surface area contributed by atoms with Crippen molar-refractivity contribution in [2.24, 2.45) is 5.92 Å². The van der Waals surface area contributed by atoms with Crippen molar-refractivity contribution in [2.75, 3.05) is 6.61 Å². The highest BCUT2D eigenvalue weighted by Crippen LogP contribution is 2.43. The second kappa shape index (κ2) is 6.27. The Balaban J connectivity index is 2.55. The Bertz CT molecular complexity index is 635. The summed E-state index contributed by atoms with van der Waals surface area (Å²) in [5, 5.41) is 13.5. The molecule has 2 amide bonds. The fourth-order valence-electron chi connectivity index (χ4n) is 2.48. The van der Waals surface area contributed by atoms with Crippen LogP contribution in [0.3, 0.4) is 0 Å². The van der Waals surface area contributed by atoms with Gasteiger partial charge in [-0.3, -0.25) is 4.79 Å². The molecule has 1 aromatic carbocycles. The van der Waals surface area contributed by atoms with Gasteiger partial charge < -0.3 is 20.5 Å². The summed E-state index contributed by atoms with van der Waals surface area (Å²) in [6.45, 7) is 1.15. The van der Waals surface area contributed by atoms with Gasteiger partial charge in [0.05, 0.1) is 12.6 Å². The van der Waals surface area contributed by atoms with E-state index in [-0.39, 0.29) is 12.2 Å². The van der Waals surface area contributed by atoms with Crippen molar-refractivity contribution in [2.45, 2.75) is 24.9 Å². The molecule has 0 spiro atoms. The lowest BCUT2D eigenvalue weighted by molar-refractivity contribution is -0.294. The van der Waals surface area contributed by atoms with E-state index in [1.165, 1.54) is 12.2 Å². The zero-order chi connectivity index (χ0) is 18.1. The smallest absolute Gasteiger partial charge is 0.437 e. The largest absolute Gasteiger partial charge is 0.466 e. The lowest BCUT2D eigenvalue weighted by atomic mass is 9.82. The van der Waals surface area contributed by atoms with Crippen molar-refractivity contribution >= 4 is 12.0 Å². The first kappa shape index (κ1) is 18.0. The molecule has 132 valence electrons. The number of aliphatic hydroxyl groups is 1. The number of hydrogen-bond donors (Lipinski definition) is 3. The quantitative estimate of drug-likeness (QED) is 0.571. The van der Waals surface area contributed by atoms with Crippen LogP contribution >= 0.6 is 0 Å². The van der Waals surface area contributed by atoms with Gasteiger partial charge >= 0.3 is 18.2 Å². The van der Waals surface area contributed by atoms with Gasteiger partial charge in [-0.25, -0.2) is 9.18 Å². The highest BCUT2D eigenvalue weighted by Gasteiger charge is 2.67. The minimum atomic E-state index is -5.35. The van der Waals surface area contributed by atoms with Gasteiger partial charge in [-0.1, -0.05) is 12.1 Å². The average molecular weight is 350 g/mol. The molecular weight excluding hydrogens is 336 g/mol. The molecule has 1 saturated heterocycles. The fourth-order valence-corrected chi connectivity index (χ4v) is 2.48. The zero-order valence-electron chi connectivity index (χ0n) is 12.4. The van der Waals surface area contributed by atoms with Crippen LogP contribution in [0, 0.1) is 11.7 Å². The first-order valence-corrected chi connectivity index (χ1v) is 6.90. The van der Waals surface area contributed by atoms with Crippen LogP contribution in [0.5, 0.6) is 0 Å². The lowest BCUT2D eigenvalue weighted by Gasteiger charge is -2.44. The molecule has 10 heteroatoms. The normalized spacial score (nSPS) is 27.2. The molecule has 6 nitrogen and oxygen atoms in total. The van der Waals surface area contributed by atoms with Gasteiger partial charge in [-0.15, -0.1) is 0 Å². The Morgan fingerprint density at radius 3 is 2.42 bits per heavy atom. The Kier molecular flexibility index (Phi) is 4.70. The van der Waals surface area contributed by atoms with Crippen LogP contribution in [-0.4, -0.2) is 35.6 Å². The molecule has 1 aliphatic rings. The number of carbonyl (C=O) groups excluding carboxylic acids is 2. The summed E-state index contributed by atoms with van der Waals surface area (Å²) < 4.78 is 57.7. The van der Waals surface area contributed by atoms with E-state index in [9.17, 15) is 32.3 Å². The van der Waals surface area contributed by atoms with Gasteiger partial charge in [0, 0.05) is 0 Å². The zero-order valence-corrected chi connectivity index (χ0v) is 12.4. The highest BCUT2D eigenvalue weighted by molar-refractivity contribution is 5.83. The van der Waals surface area contributed by atoms with E-state index >= 15 is 0 Å². The number of hydrogen-bond acceptors (Lipinski definition) is 4. The third-order valence-electron chi connectivity index (χ3n) is 3.58. The summed E-state index contributed by atoms with van der Waals surface area (Å²) in [6.07, 6.45) is -5.35. The molecule has 3 N–H and O–H groups in total. The maximum Gasteiger partial charge on any atom is 0.437 e. The number of amides is 2. The third-order valence-corrected chi connectivity index (χ3v) is 3.58. The standard InChI is InChI=1S/C14H14F4N2O4/c1-2-24-11(21)9-10(7-3-5-8(15)6-4-7)19-12(22)20-13(9,23)14(16,17)18/h3-6,9-10,23H,2H2,1H3,(H2,19,20,22)/t9-,10+,13+/m1/s1. The number of urea groups is 1. The molecule has 0 aliphatic carbocycles. The average Bonchev–Trinajstić information content (AvgIpc) is 2.46. The topological polar surface area (TPSA) is 87.7 Å². The van der Waals surface area contributed by atoms with Crippen molar-refractivity contribution in [1.82, 2.24) is 10.6 Å². The molecule has 2 rings (SSSR count). The minimum absolute atomic E-state index is 0.00646. The number of halogens is 4. The van der Waals surface area contributed by atoms with Gasteiger partial charge in [-0.2, -0.15) is 13.2 Å². The van der Waals surface area contributed by atoms with Gasteiger partial charge in [0.1, 0.15) is 11.7 Å². The molecule has 1 aliphatic heterocycles. The number of benzene rings is 1. The molecule has 1 heterocycles. The monoisotopic (exact) mass is 350 g/mol. The number of nitrogens with one attached hydrogen (secondary N) is 2. The first-order chi connectivity index (χ1) is 11.1. The molecule has 0 saturated carbocycles. The summed E-state index contributed by atoms with van der Waals surface area (Å²) in [6, 6.07) is 1.23. The van der Waals surface area contributed by atoms with Gasteiger partial charge in [-0.05, 0) is 24.6 Å². The number of ether oxygens (including phenoxy) is 1. The SMILES string of the molecule is CCOC(=O)[C@H]1[C@H](c2ccc(F)cc2)NC(=O)N[C@@]1(O)C(F)(F)F. The van der Waals surface area contributed by atoms with E-state index in [1.54, 1.807) is 0 Å². The van der Waals surface area contributed by atoms with E-state index in [1.807, 2.05) is 0 Å². The summed E-state index contributed by atoms with van der Waals surface area (Å²) >= 11 is 0. The van der Waals surface area contributed by atoms with E-state index in [0.29, 0.717) is 0 Å². The molecular formula is C14H14F4N2O4. The summed E-state index contributed by atoms with van der Waals surface area (Å²) in [7, 11) is 0. The highest BCUT2D eigenvalue weighted by atomic mass is 19.4. The molecule has 1 aromatic rings. The predicted molar refractivity (Wildman–Crippen MR) is 71.9 cm³/mol. The van der Waals surface area contributed by atoms with Crippen LogP contribution in [-0.2, 0) is 9.53 Å². The third kappa shape index (κ3) is 3.14. The predicted octanol–water partition coefficient (Wildman–Crippen LogP) is 1.61. The number of alkyl halides is 3.